The highest BCUT2D eigenvalue weighted by Crippen LogP contribution is 2.17. The third-order valence-corrected chi connectivity index (χ3v) is 3.95. The molecule has 0 bridgehead atoms. The molecule has 4 nitrogen and oxygen atoms in total. The van der Waals surface area contributed by atoms with E-state index in [4.69, 9.17) is 0 Å². The van der Waals surface area contributed by atoms with Crippen molar-refractivity contribution in [3.63, 3.8) is 0 Å². The van der Waals surface area contributed by atoms with E-state index in [1.54, 1.807) is 24.3 Å². The summed E-state index contributed by atoms with van der Waals surface area (Å²) in [5.74, 6) is 0.142. The van der Waals surface area contributed by atoms with Crippen LogP contribution in [0.1, 0.15) is 36.0 Å². The Morgan fingerprint density at radius 2 is 1.84 bits per heavy atom. The average molecular weight is 263 g/mol. The maximum absolute atomic E-state index is 12.2. The van der Waals surface area contributed by atoms with E-state index in [9.17, 15) is 9.90 Å². The Balaban J connectivity index is 2.02. The zero-order valence-corrected chi connectivity index (χ0v) is 11.6. The zero-order valence-electron chi connectivity index (χ0n) is 11.6. The van der Waals surface area contributed by atoms with Gasteiger partial charge in [0.1, 0.15) is 11.8 Å². The standard InChI is InChI=1S/C15H22N2O2/c1-17(2)14-6-4-3-5-13(14)16-15(19)11-7-9-12(18)10-8-11/h7-10,13-14,18H,3-6H2,1-2H3,(H,16,19)/p+1. The first kappa shape index (κ1) is 13.9. The molecule has 0 radical (unpaired) electrons. The van der Waals surface area contributed by atoms with E-state index in [0.29, 0.717) is 11.6 Å². The third kappa shape index (κ3) is 3.47. The lowest BCUT2D eigenvalue weighted by molar-refractivity contribution is -0.888. The summed E-state index contributed by atoms with van der Waals surface area (Å²) in [6.45, 7) is 0. The normalized spacial score (nSPS) is 23.3. The van der Waals surface area contributed by atoms with Gasteiger partial charge in [-0.05, 0) is 37.1 Å². The van der Waals surface area contributed by atoms with Crippen LogP contribution in [0.2, 0.25) is 0 Å². The summed E-state index contributed by atoms with van der Waals surface area (Å²) in [6.07, 6.45) is 4.66. The summed E-state index contributed by atoms with van der Waals surface area (Å²) in [6, 6.07) is 7.15. The maximum atomic E-state index is 12.2. The van der Waals surface area contributed by atoms with Gasteiger partial charge in [-0.1, -0.05) is 6.42 Å². The monoisotopic (exact) mass is 263 g/mol. The fourth-order valence-electron chi connectivity index (χ4n) is 2.86. The minimum atomic E-state index is -0.0434. The van der Waals surface area contributed by atoms with Crippen molar-refractivity contribution in [3.05, 3.63) is 29.8 Å². The molecule has 2 unspecified atom stereocenters. The van der Waals surface area contributed by atoms with Crippen molar-refractivity contribution < 1.29 is 14.8 Å². The van der Waals surface area contributed by atoms with Gasteiger partial charge in [-0.25, -0.2) is 0 Å². The van der Waals surface area contributed by atoms with Crippen molar-refractivity contribution in [2.45, 2.75) is 37.8 Å². The molecule has 1 aliphatic rings. The Hall–Kier alpha value is -1.55. The number of carbonyl (C=O) groups excluding carboxylic acids is 1. The van der Waals surface area contributed by atoms with Crippen LogP contribution in [0, 0.1) is 0 Å². The Labute approximate surface area is 114 Å². The van der Waals surface area contributed by atoms with Crippen LogP contribution in [0.25, 0.3) is 0 Å². The fraction of sp³-hybridized carbons (Fsp3) is 0.533. The molecule has 2 atom stereocenters. The van der Waals surface area contributed by atoms with E-state index in [-0.39, 0.29) is 17.7 Å². The summed E-state index contributed by atoms with van der Waals surface area (Å²) in [5, 5.41) is 12.4. The number of phenols is 1. The van der Waals surface area contributed by atoms with Crippen LogP contribution >= 0.6 is 0 Å². The summed E-state index contributed by atoms with van der Waals surface area (Å²) >= 11 is 0. The molecule has 19 heavy (non-hydrogen) atoms. The Bertz CT molecular complexity index is 428. The maximum Gasteiger partial charge on any atom is 0.251 e. The number of likely N-dealkylation sites (N-methyl/N-ethyl adjacent to an activating group) is 1. The summed E-state index contributed by atoms with van der Waals surface area (Å²) < 4.78 is 0. The highest BCUT2D eigenvalue weighted by atomic mass is 16.3. The number of carbonyl (C=O) groups is 1. The number of hydrogen-bond acceptors (Lipinski definition) is 2. The van der Waals surface area contributed by atoms with Crippen LogP contribution in [0.15, 0.2) is 24.3 Å². The first-order valence-corrected chi connectivity index (χ1v) is 6.98. The van der Waals surface area contributed by atoms with Crippen molar-refractivity contribution in [1.82, 2.24) is 5.32 Å². The lowest BCUT2D eigenvalue weighted by Gasteiger charge is -2.33. The molecule has 1 saturated carbocycles. The number of phenolic OH excluding ortho intramolecular Hbond substituents is 1. The molecule has 0 aliphatic heterocycles. The van der Waals surface area contributed by atoms with Gasteiger partial charge in [0, 0.05) is 12.0 Å². The number of rotatable bonds is 3. The predicted molar refractivity (Wildman–Crippen MR) is 74.4 cm³/mol. The van der Waals surface area contributed by atoms with Crippen LogP contribution < -0.4 is 10.2 Å². The van der Waals surface area contributed by atoms with Crippen molar-refractivity contribution in [1.29, 1.82) is 0 Å². The van der Waals surface area contributed by atoms with E-state index in [2.05, 4.69) is 19.4 Å². The fourth-order valence-corrected chi connectivity index (χ4v) is 2.86. The van der Waals surface area contributed by atoms with Crippen LogP contribution in [0.5, 0.6) is 5.75 Å². The zero-order chi connectivity index (χ0) is 13.8. The van der Waals surface area contributed by atoms with Gasteiger partial charge >= 0.3 is 0 Å². The van der Waals surface area contributed by atoms with Gasteiger partial charge in [0.2, 0.25) is 0 Å². The Morgan fingerprint density at radius 3 is 2.47 bits per heavy atom. The van der Waals surface area contributed by atoms with E-state index < -0.39 is 0 Å². The summed E-state index contributed by atoms with van der Waals surface area (Å²) in [7, 11) is 4.30. The second-order valence-electron chi connectivity index (χ2n) is 5.60. The van der Waals surface area contributed by atoms with Gasteiger partial charge in [-0.2, -0.15) is 0 Å². The van der Waals surface area contributed by atoms with E-state index in [0.717, 1.165) is 6.42 Å². The lowest BCUT2D eigenvalue weighted by atomic mass is 9.89. The predicted octanol–water partition coefficient (Wildman–Crippen LogP) is 0.578. The van der Waals surface area contributed by atoms with Gasteiger partial charge in [0.05, 0.1) is 20.1 Å². The molecule has 1 aromatic carbocycles. The van der Waals surface area contributed by atoms with Gasteiger partial charge in [-0.15, -0.1) is 0 Å². The second kappa shape index (κ2) is 6.06. The third-order valence-electron chi connectivity index (χ3n) is 3.95. The van der Waals surface area contributed by atoms with Crippen molar-refractivity contribution in [2.75, 3.05) is 14.1 Å². The van der Waals surface area contributed by atoms with Crippen molar-refractivity contribution in [2.24, 2.45) is 0 Å². The minimum Gasteiger partial charge on any atom is -0.508 e. The molecule has 1 amide bonds. The number of amides is 1. The van der Waals surface area contributed by atoms with Crippen LogP contribution in [-0.4, -0.2) is 37.2 Å². The molecule has 1 aliphatic carbocycles. The van der Waals surface area contributed by atoms with Gasteiger partial charge in [0.15, 0.2) is 0 Å². The molecule has 104 valence electrons. The first-order valence-electron chi connectivity index (χ1n) is 6.98. The van der Waals surface area contributed by atoms with Crippen molar-refractivity contribution in [3.8, 4) is 5.75 Å². The molecule has 0 saturated heterocycles. The molecule has 2 rings (SSSR count). The minimum absolute atomic E-state index is 0.0434. The smallest absolute Gasteiger partial charge is 0.251 e. The molecule has 1 fully saturated rings. The van der Waals surface area contributed by atoms with Crippen LogP contribution in [-0.2, 0) is 0 Å². The van der Waals surface area contributed by atoms with Gasteiger partial charge in [-0.3, -0.25) is 4.79 Å². The second-order valence-corrected chi connectivity index (χ2v) is 5.60. The summed E-state index contributed by atoms with van der Waals surface area (Å²) in [4.78, 5) is 13.6. The van der Waals surface area contributed by atoms with Gasteiger partial charge < -0.3 is 15.3 Å². The SMILES string of the molecule is C[NH+](C)C1CCCCC1NC(=O)c1ccc(O)cc1. The topological polar surface area (TPSA) is 53.8 Å². The highest BCUT2D eigenvalue weighted by molar-refractivity contribution is 5.94. The molecule has 3 N–H and O–H groups in total. The molecule has 4 heteroatoms. The average Bonchev–Trinajstić information content (AvgIpc) is 2.39. The molecular formula is C15H23N2O2+. The summed E-state index contributed by atoms with van der Waals surface area (Å²) in [5.41, 5.74) is 0.607. The van der Waals surface area contributed by atoms with E-state index in [1.165, 1.54) is 24.2 Å². The number of aromatic hydroxyl groups is 1. The molecule has 1 aromatic rings. The van der Waals surface area contributed by atoms with Crippen LogP contribution in [0.4, 0.5) is 0 Å². The molecule has 0 heterocycles. The van der Waals surface area contributed by atoms with Crippen molar-refractivity contribution >= 4 is 5.91 Å². The largest absolute Gasteiger partial charge is 0.508 e. The van der Waals surface area contributed by atoms with E-state index in [1.807, 2.05) is 0 Å². The quantitative estimate of drug-likeness (QED) is 0.747. The first-order chi connectivity index (χ1) is 9.08. The molecule has 0 aromatic heterocycles. The molecule has 0 spiro atoms. The number of hydrogen-bond donors (Lipinski definition) is 3. The number of benzene rings is 1. The highest BCUT2D eigenvalue weighted by Gasteiger charge is 2.31. The number of quaternary nitrogens is 1. The number of nitrogens with one attached hydrogen (secondary N) is 2. The van der Waals surface area contributed by atoms with Crippen LogP contribution in [0.3, 0.4) is 0 Å². The Kier molecular flexibility index (Phi) is 4.43. The Morgan fingerprint density at radius 1 is 1.21 bits per heavy atom. The molecular weight excluding hydrogens is 240 g/mol. The van der Waals surface area contributed by atoms with Gasteiger partial charge in [0.25, 0.3) is 5.91 Å². The van der Waals surface area contributed by atoms with E-state index >= 15 is 0 Å². The lowest BCUT2D eigenvalue weighted by Crippen LogP contribution is -3.12.